The zero-order chi connectivity index (χ0) is 10.9. The third-order valence-electron chi connectivity index (χ3n) is 2.49. The van der Waals surface area contributed by atoms with Gasteiger partial charge in [0, 0.05) is 0 Å². The van der Waals surface area contributed by atoms with E-state index < -0.39 is 0 Å². The fourth-order valence-corrected chi connectivity index (χ4v) is 1.48. The van der Waals surface area contributed by atoms with Crippen molar-refractivity contribution in [2.75, 3.05) is 0 Å². The van der Waals surface area contributed by atoms with Crippen LogP contribution in [0.2, 0.25) is 0 Å². The summed E-state index contributed by atoms with van der Waals surface area (Å²) in [5.74, 6) is 0.694. The van der Waals surface area contributed by atoms with Crippen LogP contribution in [0.1, 0.15) is 25.2 Å². The van der Waals surface area contributed by atoms with E-state index in [0.717, 1.165) is 0 Å². The maximum absolute atomic E-state index is 4.25. The van der Waals surface area contributed by atoms with Gasteiger partial charge in [0.15, 0.2) is 5.82 Å². The van der Waals surface area contributed by atoms with Gasteiger partial charge >= 0.3 is 0 Å². The molecule has 78 valence electrons. The first-order valence-corrected chi connectivity index (χ1v) is 4.93. The molecule has 0 unspecified atom stereocenters. The summed E-state index contributed by atoms with van der Waals surface area (Å²) in [6.45, 7) is 5.98. The summed E-state index contributed by atoms with van der Waals surface area (Å²) in [5.41, 5.74) is 0.908. The van der Waals surface area contributed by atoms with Crippen molar-refractivity contribution in [3.8, 4) is 0 Å². The zero-order valence-electron chi connectivity index (χ0n) is 9.18. The Balaban J connectivity index is 2.43. The summed E-state index contributed by atoms with van der Waals surface area (Å²) in [6.07, 6.45) is 0. The van der Waals surface area contributed by atoms with Crippen molar-refractivity contribution in [2.24, 2.45) is 0 Å². The van der Waals surface area contributed by atoms with Crippen LogP contribution in [0.5, 0.6) is 0 Å². The van der Waals surface area contributed by atoms with Gasteiger partial charge in [-0.1, -0.05) is 30.3 Å². The quantitative estimate of drug-likeness (QED) is 0.745. The molecule has 0 aliphatic carbocycles. The summed E-state index contributed by atoms with van der Waals surface area (Å²) in [7, 11) is 0. The second-order valence-electron chi connectivity index (χ2n) is 4.05. The van der Waals surface area contributed by atoms with Gasteiger partial charge in [-0.15, -0.1) is 10.2 Å². The Morgan fingerprint density at radius 3 is 2.33 bits per heavy atom. The molecule has 0 atom stereocenters. The molecule has 0 aliphatic heterocycles. The summed E-state index contributed by atoms with van der Waals surface area (Å²) in [4.78, 5) is 1.65. The first-order valence-electron chi connectivity index (χ1n) is 4.93. The second kappa shape index (κ2) is 3.46. The lowest BCUT2D eigenvalue weighted by Gasteiger charge is -2.23. The average molecular weight is 202 g/mol. The summed E-state index contributed by atoms with van der Waals surface area (Å²) >= 11 is 0. The van der Waals surface area contributed by atoms with Crippen molar-refractivity contribution in [2.45, 2.75) is 26.3 Å². The van der Waals surface area contributed by atoms with E-state index >= 15 is 0 Å². The summed E-state index contributed by atoms with van der Waals surface area (Å²) < 4.78 is 0. The Morgan fingerprint density at radius 2 is 1.80 bits per heavy atom. The fourth-order valence-electron chi connectivity index (χ4n) is 1.48. The van der Waals surface area contributed by atoms with Gasteiger partial charge in [0.25, 0.3) is 0 Å². The minimum atomic E-state index is -0.261. The lowest BCUT2D eigenvalue weighted by atomic mass is 9.95. The maximum atomic E-state index is 4.25. The van der Waals surface area contributed by atoms with Gasteiger partial charge in [0.05, 0.1) is 0 Å². The Bertz CT molecular complexity index is 445. The Hall–Kier alpha value is -1.71. The third-order valence-corrected chi connectivity index (χ3v) is 2.49. The molecule has 2 aromatic rings. The van der Waals surface area contributed by atoms with E-state index in [4.69, 9.17) is 0 Å². The van der Waals surface area contributed by atoms with Gasteiger partial charge in [0.1, 0.15) is 5.54 Å². The minimum absolute atomic E-state index is 0.261. The summed E-state index contributed by atoms with van der Waals surface area (Å²) in [6, 6.07) is 10.2. The molecule has 4 heteroatoms. The largest absolute Gasteiger partial charge is 0.171 e. The number of aryl methyl sites for hydroxylation is 1. The van der Waals surface area contributed by atoms with Crippen molar-refractivity contribution in [3.63, 3.8) is 0 Å². The van der Waals surface area contributed by atoms with Crippen LogP contribution in [0.4, 0.5) is 0 Å². The van der Waals surface area contributed by atoms with Crippen LogP contribution < -0.4 is 0 Å². The highest BCUT2D eigenvalue weighted by Crippen LogP contribution is 2.22. The topological polar surface area (TPSA) is 43.6 Å². The molecule has 4 nitrogen and oxygen atoms in total. The van der Waals surface area contributed by atoms with Crippen molar-refractivity contribution >= 4 is 0 Å². The van der Waals surface area contributed by atoms with Gasteiger partial charge in [-0.05, 0) is 31.5 Å². The van der Waals surface area contributed by atoms with E-state index in [9.17, 15) is 0 Å². The van der Waals surface area contributed by atoms with E-state index in [2.05, 4.69) is 41.4 Å². The number of tetrazole rings is 1. The third kappa shape index (κ3) is 1.75. The van der Waals surface area contributed by atoms with E-state index in [1.165, 1.54) is 5.56 Å². The van der Waals surface area contributed by atoms with E-state index in [1.54, 1.807) is 4.80 Å². The van der Waals surface area contributed by atoms with Crippen molar-refractivity contribution in [1.82, 2.24) is 20.2 Å². The Kier molecular flexibility index (Phi) is 2.26. The monoisotopic (exact) mass is 202 g/mol. The van der Waals surface area contributed by atoms with Gasteiger partial charge in [-0.25, -0.2) is 0 Å². The molecule has 0 radical (unpaired) electrons. The van der Waals surface area contributed by atoms with Gasteiger partial charge in [-0.2, -0.15) is 4.80 Å². The van der Waals surface area contributed by atoms with Crippen molar-refractivity contribution in [3.05, 3.63) is 41.7 Å². The molecular formula is C11H14N4. The number of hydrogen-bond acceptors (Lipinski definition) is 3. The predicted octanol–water partition coefficient (Wildman–Crippen LogP) is 1.76. The molecule has 0 saturated carbocycles. The lowest BCUT2D eigenvalue weighted by molar-refractivity contribution is 0.336. The number of nitrogens with zero attached hydrogens (tertiary/aromatic N) is 4. The molecule has 1 aromatic heterocycles. The molecule has 2 rings (SSSR count). The van der Waals surface area contributed by atoms with Crippen LogP contribution in [0, 0.1) is 6.92 Å². The maximum Gasteiger partial charge on any atom is 0.171 e. The van der Waals surface area contributed by atoms with Crippen LogP contribution in [-0.4, -0.2) is 20.2 Å². The molecule has 0 fully saturated rings. The standard InChI is InChI=1S/C11H14N4/c1-9-12-14-15(13-9)11(2,3)10-7-5-4-6-8-10/h4-8H,1-3H3. The normalized spacial score (nSPS) is 11.7. The summed E-state index contributed by atoms with van der Waals surface area (Å²) in [5, 5.41) is 12.2. The zero-order valence-corrected chi connectivity index (χ0v) is 9.18. The van der Waals surface area contributed by atoms with Gasteiger partial charge in [-0.3, -0.25) is 0 Å². The molecule has 0 bridgehead atoms. The molecular weight excluding hydrogens is 188 g/mol. The fraction of sp³-hybridized carbons (Fsp3) is 0.364. The first-order chi connectivity index (χ1) is 7.10. The highest BCUT2D eigenvalue weighted by molar-refractivity contribution is 5.22. The average Bonchev–Trinajstić information content (AvgIpc) is 2.67. The number of hydrogen-bond donors (Lipinski definition) is 0. The van der Waals surface area contributed by atoms with E-state index in [1.807, 2.05) is 25.1 Å². The van der Waals surface area contributed by atoms with E-state index in [0.29, 0.717) is 5.82 Å². The number of aromatic nitrogens is 4. The minimum Gasteiger partial charge on any atom is -0.154 e. The molecule has 1 heterocycles. The Labute approximate surface area is 88.9 Å². The highest BCUT2D eigenvalue weighted by Gasteiger charge is 2.25. The van der Waals surface area contributed by atoms with E-state index in [-0.39, 0.29) is 5.54 Å². The van der Waals surface area contributed by atoms with Crippen LogP contribution in [0.25, 0.3) is 0 Å². The molecule has 15 heavy (non-hydrogen) atoms. The molecule has 0 saturated heterocycles. The first kappa shape index (κ1) is 9.83. The molecule has 1 aromatic carbocycles. The SMILES string of the molecule is Cc1nnn(C(C)(C)c2ccccc2)n1. The molecule has 0 amide bonds. The second-order valence-corrected chi connectivity index (χ2v) is 4.05. The number of rotatable bonds is 2. The van der Waals surface area contributed by atoms with Gasteiger partial charge in [0.2, 0.25) is 0 Å². The van der Waals surface area contributed by atoms with Crippen molar-refractivity contribution in [1.29, 1.82) is 0 Å². The lowest BCUT2D eigenvalue weighted by Crippen LogP contribution is -2.30. The van der Waals surface area contributed by atoms with Crippen LogP contribution in [-0.2, 0) is 5.54 Å². The molecule has 0 N–H and O–H groups in total. The Morgan fingerprint density at radius 1 is 1.13 bits per heavy atom. The van der Waals surface area contributed by atoms with Crippen LogP contribution >= 0.6 is 0 Å². The van der Waals surface area contributed by atoms with Crippen molar-refractivity contribution < 1.29 is 0 Å². The molecule has 0 aliphatic rings. The van der Waals surface area contributed by atoms with Crippen LogP contribution in [0.3, 0.4) is 0 Å². The number of benzene rings is 1. The molecule has 0 spiro atoms. The van der Waals surface area contributed by atoms with Gasteiger partial charge < -0.3 is 0 Å². The predicted molar refractivity (Wildman–Crippen MR) is 57.4 cm³/mol. The highest BCUT2D eigenvalue weighted by atomic mass is 15.6. The smallest absolute Gasteiger partial charge is 0.154 e. The van der Waals surface area contributed by atoms with Crippen LogP contribution in [0.15, 0.2) is 30.3 Å².